The molecule has 4 nitrogen and oxygen atoms in total. The number of benzene rings is 2. The first kappa shape index (κ1) is 17.8. The van der Waals surface area contributed by atoms with Crippen molar-refractivity contribution in [1.29, 1.82) is 0 Å². The monoisotopic (exact) mass is 356 g/mol. The first-order valence-corrected chi connectivity index (χ1v) is 10.3. The molecule has 1 saturated heterocycles. The van der Waals surface area contributed by atoms with E-state index in [2.05, 4.69) is 29.2 Å². The van der Waals surface area contributed by atoms with Crippen LogP contribution in [0.4, 0.5) is 0 Å². The van der Waals surface area contributed by atoms with E-state index in [1.807, 2.05) is 35.2 Å². The summed E-state index contributed by atoms with van der Waals surface area (Å²) in [4.78, 5) is 17.0. The van der Waals surface area contributed by atoms with Crippen LogP contribution in [0.3, 0.4) is 0 Å². The molecule has 0 aliphatic carbocycles. The Labute approximate surface area is 151 Å². The standard InChI is InChI=1S/C20H24N2O2S/c1-25(24)16-18-8-5-9-19(14-18)20(23)22-12-10-21(11-13-22)15-17-6-3-2-4-7-17/h2-9,14H,10-13,15-16H2,1H3. The predicted octanol–water partition coefficient (Wildman–Crippen LogP) is 2.52. The first-order valence-electron chi connectivity index (χ1n) is 8.56. The van der Waals surface area contributed by atoms with Crippen LogP contribution in [0.2, 0.25) is 0 Å². The molecule has 1 unspecified atom stereocenters. The molecule has 3 rings (SSSR count). The SMILES string of the molecule is CS(=O)Cc1cccc(C(=O)N2CCN(Cc3ccccc3)CC2)c1. The van der Waals surface area contributed by atoms with Crippen LogP contribution in [0, 0.1) is 0 Å². The lowest BCUT2D eigenvalue weighted by Gasteiger charge is -2.34. The van der Waals surface area contributed by atoms with Crippen molar-refractivity contribution < 1.29 is 9.00 Å². The van der Waals surface area contributed by atoms with Gasteiger partial charge < -0.3 is 4.90 Å². The molecule has 0 spiro atoms. The van der Waals surface area contributed by atoms with Gasteiger partial charge in [0.15, 0.2) is 0 Å². The number of hydrogen-bond donors (Lipinski definition) is 0. The molecule has 25 heavy (non-hydrogen) atoms. The van der Waals surface area contributed by atoms with E-state index in [1.54, 1.807) is 6.26 Å². The molecular formula is C20H24N2O2S. The molecule has 0 aromatic heterocycles. The van der Waals surface area contributed by atoms with Gasteiger partial charge in [0.25, 0.3) is 5.91 Å². The Hall–Kier alpha value is -1.98. The smallest absolute Gasteiger partial charge is 0.253 e. The third kappa shape index (κ3) is 5.00. The van der Waals surface area contributed by atoms with Crippen LogP contribution >= 0.6 is 0 Å². The van der Waals surface area contributed by atoms with Crippen molar-refractivity contribution in [1.82, 2.24) is 9.80 Å². The number of amides is 1. The summed E-state index contributed by atoms with van der Waals surface area (Å²) in [5, 5.41) is 0. The van der Waals surface area contributed by atoms with E-state index in [1.165, 1.54) is 5.56 Å². The molecule has 0 bridgehead atoms. The summed E-state index contributed by atoms with van der Waals surface area (Å²) in [6, 6.07) is 18.0. The van der Waals surface area contributed by atoms with Gasteiger partial charge in [0.1, 0.15) is 0 Å². The highest BCUT2D eigenvalue weighted by molar-refractivity contribution is 7.83. The Kier molecular flexibility index (Phi) is 6.00. The summed E-state index contributed by atoms with van der Waals surface area (Å²) < 4.78 is 11.4. The third-order valence-electron chi connectivity index (χ3n) is 4.45. The summed E-state index contributed by atoms with van der Waals surface area (Å²) in [7, 11) is -0.899. The van der Waals surface area contributed by atoms with Gasteiger partial charge in [-0.2, -0.15) is 0 Å². The molecule has 1 amide bonds. The molecule has 5 heteroatoms. The minimum absolute atomic E-state index is 0.0723. The number of piperazine rings is 1. The van der Waals surface area contributed by atoms with Crippen molar-refractivity contribution in [2.24, 2.45) is 0 Å². The van der Waals surface area contributed by atoms with Crippen molar-refractivity contribution >= 4 is 16.7 Å². The van der Waals surface area contributed by atoms with Gasteiger partial charge in [0, 0.05) is 61.1 Å². The van der Waals surface area contributed by atoms with Crippen LogP contribution in [0.5, 0.6) is 0 Å². The maximum atomic E-state index is 12.7. The van der Waals surface area contributed by atoms with Crippen molar-refractivity contribution in [2.75, 3.05) is 32.4 Å². The van der Waals surface area contributed by atoms with Crippen LogP contribution in [-0.4, -0.2) is 52.4 Å². The molecule has 1 aliphatic heterocycles. The molecule has 1 atom stereocenters. The van der Waals surface area contributed by atoms with Gasteiger partial charge in [-0.25, -0.2) is 0 Å². The zero-order valence-corrected chi connectivity index (χ0v) is 15.4. The van der Waals surface area contributed by atoms with Gasteiger partial charge in [-0.1, -0.05) is 42.5 Å². The molecule has 2 aromatic rings. The number of carbonyl (C=O) groups excluding carboxylic acids is 1. The highest BCUT2D eigenvalue weighted by atomic mass is 32.2. The normalized spacial score (nSPS) is 16.6. The van der Waals surface area contributed by atoms with E-state index in [9.17, 15) is 9.00 Å². The van der Waals surface area contributed by atoms with Crippen LogP contribution < -0.4 is 0 Å². The highest BCUT2D eigenvalue weighted by Crippen LogP contribution is 2.13. The van der Waals surface area contributed by atoms with E-state index >= 15 is 0 Å². The number of nitrogens with zero attached hydrogens (tertiary/aromatic N) is 2. The fourth-order valence-electron chi connectivity index (χ4n) is 3.16. The number of rotatable bonds is 5. The second kappa shape index (κ2) is 8.41. The maximum absolute atomic E-state index is 12.7. The summed E-state index contributed by atoms with van der Waals surface area (Å²) in [6.45, 7) is 4.20. The van der Waals surface area contributed by atoms with Gasteiger partial charge in [-0.15, -0.1) is 0 Å². The molecule has 1 fully saturated rings. The highest BCUT2D eigenvalue weighted by Gasteiger charge is 2.22. The lowest BCUT2D eigenvalue weighted by Crippen LogP contribution is -2.48. The lowest BCUT2D eigenvalue weighted by atomic mass is 10.1. The Morgan fingerprint density at radius 3 is 2.32 bits per heavy atom. The summed E-state index contributed by atoms with van der Waals surface area (Å²) in [5.74, 6) is 0.564. The topological polar surface area (TPSA) is 40.6 Å². The van der Waals surface area contributed by atoms with E-state index in [-0.39, 0.29) is 5.91 Å². The molecule has 1 aliphatic rings. The largest absolute Gasteiger partial charge is 0.336 e. The summed E-state index contributed by atoms with van der Waals surface area (Å²) in [6.07, 6.45) is 1.68. The van der Waals surface area contributed by atoms with E-state index in [4.69, 9.17) is 0 Å². The Balaban J connectivity index is 1.57. The van der Waals surface area contributed by atoms with Crippen LogP contribution in [0.1, 0.15) is 21.5 Å². The van der Waals surface area contributed by atoms with Crippen LogP contribution in [0.15, 0.2) is 54.6 Å². The molecule has 0 N–H and O–H groups in total. The minimum atomic E-state index is -0.899. The summed E-state index contributed by atoms with van der Waals surface area (Å²) >= 11 is 0. The lowest BCUT2D eigenvalue weighted by molar-refractivity contribution is 0.0628. The van der Waals surface area contributed by atoms with E-state index in [0.717, 1.165) is 38.3 Å². The minimum Gasteiger partial charge on any atom is -0.336 e. The van der Waals surface area contributed by atoms with Gasteiger partial charge in [0.05, 0.1) is 0 Å². The molecule has 2 aromatic carbocycles. The molecule has 0 radical (unpaired) electrons. The molecule has 1 heterocycles. The fraction of sp³-hybridized carbons (Fsp3) is 0.350. The van der Waals surface area contributed by atoms with Crippen molar-refractivity contribution in [2.45, 2.75) is 12.3 Å². The molecule has 132 valence electrons. The van der Waals surface area contributed by atoms with Gasteiger partial charge in [-0.3, -0.25) is 13.9 Å². The number of hydrogen-bond acceptors (Lipinski definition) is 3. The van der Waals surface area contributed by atoms with Crippen LogP contribution in [-0.2, 0) is 23.1 Å². The summed E-state index contributed by atoms with van der Waals surface area (Å²) in [5.41, 5.74) is 2.96. The fourth-order valence-corrected chi connectivity index (χ4v) is 3.81. The van der Waals surface area contributed by atoms with E-state index in [0.29, 0.717) is 11.3 Å². The Bertz CT molecular complexity index is 740. The third-order valence-corrected chi connectivity index (χ3v) is 5.19. The van der Waals surface area contributed by atoms with E-state index < -0.39 is 10.8 Å². The van der Waals surface area contributed by atoms with Crippen molar-refractivity contribution in [3.8, 4) is 0 Å². The number of carbonyl (C=O) groups is 1. The zero-order valence-electron chi connectivity index (χ0n) is 14.6. The Morgan fingerprint density at radius 1 is 0.960 bits per heavy atom. The quantitative estimate of drug-likeness (QED) is 0.827. The van der Waals surface area contributed by atoms with Crippen molar-refractivity contribution in [3.05, 3.63) is 71.3 Å². The molecule has 0 saturated carbocycles. The average molecular weight is 356 g/mol. The van der Waals surface area contributed by atoms with Gasteiger partial charge >= 0.3 is 0 Å². The van der Waals surface area contributed by atoms with Crippen molar-refractivity contribution in [3.63, 3.8) is 0 Å². The average Bonchev–Trinajstić information content (AvgIpc) is 2.62. The second-order valence-corrected chi connectivity index (χ2v) is 7.91. The second-order valence-electron chi connectivity index (χ2n) is 6.47. The van der Waals surface area contributed by atoms with Crippen LogP contribution in [0.25, 0.3) is 0 Å². The van der Waals surface area contributed by atoms with Gasteiger partial charge in [0.2, 0.25) is 0 Å². The maximum Gasteiger partial charge on any atom is 0.253 e. The first-order chi connectivity index (χ1) is 12.1. The van der Waals surface area contributed by atoms with Gasteiger partial charge in [-0.05, 0) is 23.3 Å². The predicted molar refractivity (Wildman–Crippen MR) is 102 cm³/mol. The Morgan fingerprint density at radius 2 is 1.64 bits per heavy atom. The molecular weight excluding hydrogens is 332 g/mol. The zero-order chi connectivity index (χ0) is 17.6.